The number of amides is 1. The zero-order valence-electron chi connectivity index (χ0n) is 14.8. The molecule has 0 bridgehead atoms. The number of hydrogen-bond donors (Lipinski definition) is 1. The number of rotatable bonds is 3. The molecule has 3 aromatic rings. The van der Waals surface area contributed by atoms with Gasteiger partial charge in [0.25, 0.3) is 0 Å². The second-order valence-electron chi connectivity index (χ2n) is 6.78. The predicted molar refractivity (Wildman–Crippen MR) is 102 cm³/mol. The number of carbonyl (C=O) groups is 1. The maximum absolute atomic E-state index is 14.1. The molecule has 0 spiro atoms. The summed E-state index contributed by atoms with van der Waals surface area (Å²) in [5.74, 6) is -0.588. The lowest BCUT2D eigenvalue weighted by molar-refractivity contribution is -0.127. The molecule has 1 saturated heterocycles. The summed E-state index contributed by atoms with van der Waals surface area (Å²) in [6, 6.07) is 9.96. The maximum Gasteiger partial charge on any atom is 0.245 e. The van der Waals surface area contributed by atoms with Crippen LogP contribution in [0.5, 0.6) is 5.75 Å². The SMILES string of the molecule is C=CC(=O)N1CCC(n2cc3ccc(-c4c(O)cccc4F)cc3n2)CC1. The van der Waals surface area contributed by atoms with Gasteiger partial charge in [-0.1, -0.05) is 24.8 Å². The molecule has 27 heavy (non-hydrogen) atoms. The summed E-state index contributed by atoms with van der Waals surface area (Å²) in [5.41, 5.74) is 1.53. The minimum atomic E-state index is -0.465. The minimum Gasteiger partial charge on any atom is -0.507 e. The number of likely N-dealkylation sites (tertiary alicyclic amines) is 1. The third-order valence-corrected chi connectivity index (χ3v) is 5.13. The fourth-order valence-corrected chi connectivity index (χ4v) is 3.66. The molecule has 1 N–H and O–H groups in total. The van der Waals surface area contributed by atoms with Gasteiger partial charge in [-0.3, -0.25) is 9.48 Å². The third kappa shape index (κ3) is 3.18. The number of halogens is 1. The molecule has 138 valence electrons. The standard InChI is InChI=1S/C21H20FN3O2/c1-2-20(27)24-10-8-16(9-11-24)25-13-15-7-6-14(12-18(15)23-25)21-17(22)4-3-5-19(21)26/h2-7,12-13,16,26H,1,8-11H2. The number of aromatic nitrogens is 2. The van der Waals surface area contributed by atoms with Gasteiger partial charge in [-0.15, -0.1) is 0 Å². The molecule has 0 radical (unpaired) electrons. The summed E-state index contributed by atoms with van der Waals surface area (Å²) < 4.78 is 16.1. The molecule has 5 nitrogen and oxygen atoms in total. The molecule has 1 fully saturated rings. The number of aromatic hydroxyl groups is 1. The number of phenols is 1. The number of phenolic OH excluding ortho intramolecular Hbond substituents is 1. The van der Waals surface area contributed by atoms with Gasteiger partial charge in [0.15, 0.2) is 0 Å². The molecular formula is C21H20FN3O2. The molecule has 0 saturated carbocycles. The van der Waals surface area contributed by atoms with Gasteiger partial charge in [-0.25, -0.2) is 4.39 Å². The fraction of sp³-hybridized carbons (Fsp3) is 0.238. The van der Waals surface area contributed by atoms with Gasteiger partial charge in [0, 0.05) is 24.7 Å². The smallest absolute Gasteiger partial charge is 0.245 e. The summed E-state index contributed by atoms with van der Waals surface area (Å²) in [6.07, 6.45) is 4.99. The Hall–Kier alpha value is -3.15. The van der Waals surface area contributed by atoms with Crippen molar-refractivity contribution >= 4 is 16.8 Å². The second kappa shape index (κ2) is 6.87. The highest BCUT2D eigenvalue weighted by molar-refractivity contribution is 5.87. The van der Waals surface area contributed by atoms with E-state index < -0.39 is 5.82 Å². The molecule has 6 heteroatoms. The van der Waals surface area contributed by atoms with Crippen LogP contribution in [-0.2, 0) is 4.79 Å². The Morgan fingerprint density at radius 2 is 2.04 bits per heavy atom. The van der Waals surface area contributed by atoms with Gasteiger partial charge in [-0.2, -0.15) is 5.10 Å². The van der Waals surface area contributed by atoms with Crippen LogP contribution in [-0.4, -0.2) is 38.8 Å². The number of piperidine rings is 1. The molecular weight excluding hydrogens is 345 g/mol. The van der Waals surface area contributed by atoms with Crippen molar-refractivity contribution in [1.29, 1.82) is 0 Å². The first-order valence-electron chi connectivity index (χ1n) is 8.95. The minimum absolute atomic E-state index is 0.0339. The Morgan fingerprint density at radius 1 is 1.26 bits per heavy atom. The second-order valence-corrected chi connectivity index (χ2v) is 6.78. The zero-order valence-corrected chi connectivity index (χ0v) is 14.8. The monoisotopic (exact) mass is 365 g/mol. The highest BCUT2D eigenvalue weighted by Gasteiger charge is 2.23. The van der Waals surface area contributed by atoms with Crippen LogP contribution in [0.4, 0.5) is 4.39 Å². The third-order valence-electron chi connectivity index (χ3n) is 5.13. The van der Waals surface area contributed by atoms with Gasteiger partial charge in [-0.05, 0) is 42.7 Å². The van der Waals surface area contributed by atoms with Crippen LogP contribution < -0.4 is 0 Å². The van der Waals surface area contributed by atoms with E-state index >= 15 is 0 Å². The summed E-state index contributed by atoms with van der Waals surface area (Å²) >= 11 is 0. The quantitative estimate of drug-likeness (QED) is 0.716. The Balaban J connectivity index is 1.61. The van der Waals surface area contributed by atoms with Gasteiger partial charge < -0.3 is 10.0 Å². The lowest BCUT2D eigenvalue weighted by Gasteiger charge is -2.31. The van der Waals surface area contributed by atoms with Gasteiger partial charge in [0.05, 0.1) is 17.1 Å². The molecule has 0 atom stereocenters. The summed E-state index contributed by atoms with van der Waals surface area (Å²) in [7, 11) is 0. The van der Waals surface area contributed by atoms with Crippen LogP contribution in [0.1, 0.15) is 18.9 Å². The van der Waals surface area contributed by atoms with Crippen LogP contribution >= 0.6 is 0 Å². The van der Waals surface area contributed by atoms with Crippen LogP contribution in [0.3, 0.4) is 0 Å². The molecule has 1 amide bonds. The van der Waals surface area contributed by atoms with E-state index in [0.717, 1.165) is 23.7 Å². The van der Waals surface area contributed by atoms with Crippen LogP contribution in [0.25, 0.3) is 22.0 Å². The number of benzene rings is 2. The Morgan fingerprint density at radius 3 is 2.74 bits per heavy atom. The number of hydrogen-bond acceptors (Lipinski definition) is 3. The average molecular weight is 365 g/mol. The highest BCUT2D eigenvalue weighted by atomic mass is 19.1. The van der Waals surface area contributed by atoms with Crippen molar-refractivity contribution in [3.8, 4) is 16.9 Å². The van der Waals surface area contributed by atoms with Crippen molar-refractivity contribution in [3.05, 3.63) is 61.1 Å². The summed E-state index contributed by atoms with van der Waals surface area (Å²) in [5, 5.41) is 15.6. The molecule has 0 unspecified atom stereocenters. The van der Waals surface area contributed by atoms with E-state index in [1.165, 1.54) is 24.3 Å². The molecule has 0 aliphatic carbocycles. The van der Waals surface area contributed by atoms with E-state index in [1.54, 1.807) is 17.0 Å². The van der Waals surface area contributed by atoms with E-state index in [-0.39, 0.29) is 23.3 Å². The first-order chi connectivity index (χ1) is 13.1. The normalized spacial score (nSPS) is 15.2. The molecule has 1 aliphatic heterocycles. The van der Waals surface area contributed by atoms with E-state index in [9.17, 15) is 14.3 Å². The predicted octanol–water partition coefficient (Wildman–Crippen LogP) is 3.90. The zero-order chi connectivity index (χ0) is 19.0. The largest absolute Gasteiger partial charge is 0.507 e. The Bertz CT molecular complexity index is 999. The van der Waals surface area contributed by atoms with Crippen LogP contribution in [0.15, 0.2) is 55.3 Å². The number of fused-ring (bicyclic) bond motifs is 1. The van der Waals surface area contributed by atoms with E-state index in [1.807, 2.05) is 16.9 Å². The van der Waals surface area contributed by atoms with E-state index in [2.05, 4.69) is 11.7 Å². The van der Waals surface area contributed by atoms with Crippen LogP contribution in [0.2, 0.25) is 0 Å². The average Bonchev–Trinajstić information content (AvgIpc) is 3.11. The first-order valence-corrected chi connectivity index (χ1v) is 8.95. The lowest BCUT2D eigenvalue weighted by atomic mass is 10.0. The summed E-state index contributed by atoms with van der Waals surface area (Å²) in [4.78, 5) is 13.5. The van der Waals surface area contributed by atoms with Gasteiger partial charge in [0.2, 0.25) is 5.91 Å². The Kier molecular flexibility index (Phi) is 4.39. The highest BCUT2D eigenvalue weighted by Crippen LogP contribution is 2.33. The first kappa shape index (κ1) is 17.3. The van der Waals surface area contributed by atoms with E-state index in [0.29, 0.717) is 18.7 Å². The van der Waals surface area contributed by atoms with Crippen molar-refractivity contribution in [1.82, 2.24) is 14.7 Å². The van der Waals surface area contributed by atoms with Crippen molar-refractivity contribution in [2.24, 2.45) is 0 Å². The number of carbonyl (C=O) groups excluding carboxylic acids is 1. The molecule has 1 aromatic heterocycles. The fourth-order valence-electron chi connectivity index (χ4n) is 3.66. The van der Waals surface area contributed by atoms with Gasteiger partial charge >= 0.3 is 0 Å². The molecule has 1 aliphatic rings. The number of nitrogens with zero attached hydrogens (tertiary/aromatic N) is 3. The van der Waals surface area contributed by atoms with Crippen LogP contribution in [0, 0.1) is 5.82 Å². The molecule has 4 rings (SSSR count). The molecule has 2 aromatic carbocycles. The van der Waals surface area contributed by atoms with Gasteiger partial charge in [0.1, 0.15) is 11.6 Å². The topological polar surface area (TPSA) is 58.4 Å². The maximum atomic E-state index is 14.1. The van der Waals surface area contributed by atoms with Crippen molar-refractivity contribution in [2.75, 3.05) is 13.1 Å². The summed E-state index contributed by atoms with van der Waals surface area (Å²) in [6.45, 7) is 4.90. The van der Waals surface area contributed by atoms with Crippen molar-refractivity contribution in [2.45, 2.75) is 18.9 Å². The lowest BCUT2D eigenvalue weighted by Crippen LogP contribution is -2.38. The van der Waals surface area contributed by atoms with E-state index in [4.69, 9.17) is 0 Å². The molecule has 2 heterocycles. The van der Waals surface area contributed by atoms with Crippen molar-refractivity contribution < 1.29 is 14.3 Å². The van der Waals surface area contributed by atoms with Crippen molar-refractivity contribution in [3.63, 3.8) is 0 Å². The Labute approximate surface area is 156 Å².